The van der Waals surface area contributed by atoms with Crippen LogP contribution in [0, 0.1) is 5.41 Å². The van der Waals surface area contributed by atoms with Crippen LogP contribution >= 0.6 is 0 Å². The van der Waals surface area contributed by atoms with Gasteiger partial charge < -0.3 is 4.90 Å². The second-order valence-electron chi connectivity index (χ2n) is 3.88. The first-order chi connectivity index (χ1) is 7.31. The normalized spacial score (nSPS) is 21.0. The summed E-state index contributed by atoms with van der Waals surface area (Å²) in [5.74, 6) is 0. The van der Waals surface area contributed by atoms with E-state index in [0.717, 1.165) is 5.41 Å². The number of rotatable bonds is 0. The molecule has 1 aliphatic carbocycles. The van der Waals surface area contributed by atoms with Crippen LogP contribution in [0.5, 0.6) is 0 Å². The van der Waals surface area contributed by atoms with Gasteiger partial charge in [-0.2, -0.15) is 0 Å². The number of hydrogen-bond donors (Lipinski definition) is 0. The van der Waals surface area contributed by atoms with E-state index in [4.69, 9.17) is 0 Å². The first-order valence-corrected chi connectivity index (χ1v) is 6.99. The van der Waals surface area contributed by atoms with Crippen molar-refractivity contribution < 1.29 is 0 Å². The summed E-state index contributed by atoms with van der Waals surface area (Å²) in [5.41, 5.74) is 0.814. The van der Waals surface area contributed by atoms with Crippen molar-refractivity contribution in [2.75, 3.05) is 20.1 Å². The molecule has 0 amide bonds. The van der Waals surface area contributed by atoms with Gasteiger partial charge in [-0.15, -0.1) is 0 Å². The van der Waals surface area contributed by atoms with Crippen LogP contribution in [0.3, 0.4) is 0 Å². The highest BCUT2D eigenvalue weighted by atomic mass is 15.2. The van der Waals surface area contributed by atoms with Crippen LogP contribution in [-0.4, -0.2) is 25.0 Å². The Hall–Kier alpha value is -0.0400. The van der Waals surface area contributed by atoms with Crippen LogP contribution in [0.1, 0.15) is 67.2 Å². The Labute approximate surface area is 98.2 Å². The quantitative estimate of drug-likeness (QED) is 0.572. The molecule has 1 spiro atoms. The molecule has 0 aromatic rings. The molecule has 0 atom stereocenters. The molecule has 0 N–H and O–H groups in total. The Bertz CT molecular complexity index is 107. The molecule has 1 saturated heterocycles. The smallest absolute Gasteiger partial charge is 0.00474 e. The van der Waals surface area contributed by atoms with Crippen molar-refractivity contribution in [1.82, 2.24) is 4.90 Å². The molecule has 1 heteroatoms. The number of likely N-dealkylation sites (tertiary alicyclic amines) is 1. The molecule has 0 aromatic heterocycles. The Morgan fingerprint density at radius 3 is 1.33 bits per heavy atom. The van der Waals surface area contributed by atoms with Gasteiger partial charge in [0.25, 0.3) is 0 Å². The van der Waals surface area contributed by atoms with Crippen LogP contribution in [0.15, 0.2) is 0 Å². The maximum Gasteiger partial charge on any atom is 0.00474 e. The first kappa shape index (κ1) is 17.4. The minimum Gasteiger partial charge on any atom is -0.305 e. The lowest BCUT2D eigenvalue weighted by Gasteiger charge is -2.46. The molecule has 94 valence electrons. The molecule has 0 bridgehead atoms. The molecule has 1 saturated carbocycles. The molecule has 0 aromatic carbocycles. The first-order valence-electron chi connectivity index (χ1n) is 6.99. The highest BCUT2D eigenvalue weighted by Crippen LogP contribution is 2.44. The van der Waals surface area contributed by atoms with E-state index in [1.807, 2.05) is 41.5 Å². The largest absolute Gasteiger partial charge is 0.305 e. The van der Waals surface area contributed by atoms with E-state index < -0.39 is 0 Å². The third-order valence-electron chi connectivity index (χ3n) is 2.87. The van der Waals surface area contributed by atoms with Gasteiger partial charge in [0, 0.05) is 13.1 Å². The fourth-order valence-corrected chi connectivity index (χ4v) is 2.54. The summed E-state index contributed by atoms with van der Waals surface area (Å²) >= 11 is 0. The fraction of sp³-hybridized carbons (Fsp3) is 1.00. The Morgan fingerprint density at radius 2 is 1.07 bits per heavy atom. The highest BCUT2D eigenvalue weighted by molar-refractivity contribution is 4.96. The lowest BCUT2D eigenvalue weighted by Crippen LogP contribution is -2.52. The molecule has 2 rings (SSSR count). The van der Waals surface area contributed by atoms with Crippen molar-refractivity contribution >= 4 is 0 Å². The zero-order valence-electron chi connectivity index (χ0n) is 12.2. The average molecular weight is 215 g/mol. The van der Waals surface area contributed by atoms with Crippen molar-refractivity contribution in [3.8, 4) is 0 Å². The summed E-state index contributed by atoms with van der Waals surface area (Å²) < 4.78 is 0. The molecule has 0 unspecified atom stereocenters. The van der Waals surface area contributed by atoms with Crippen molar-refractivity contribution in [2.45, 2.75) is 67.2 Å². The lowest BCUT2D eigenvalue weighted by molar-refractivity contribution is 0.0289. The second kappa shape index (κ2) is 10.5. The molecule has 1 aliphatic heterocycles. The van der Waals surface area contributed by atoms with Gasteiger partial charge >= 0.3 is 0 Å². The SMILES string of the molecule is CC.CC.CC.CN1CC2(CCCC2)C1. The number of nitrogens with zero attached hydrogens (tertiary/aromatic N) is 1. The summed E-state index contributed by atoms with van der Waals surface area (Å²) in [5, 5.41) is 0. The van der Waals surface area contributed by atoms with Crippen molar-refractivity contribution in [2.24, 2.45) is 5.41 Å². The van der Waals surface area contributed by atoms with Gasteiger partial charge in [0.1, 0.15) is 0 Å². The van der Waals surface area contributed by atoms with E-state index in [1.165, 1.54) is 38.8 Å². The Balaban J connectivity index is 0. The van der Waals surface area contributed by atoms with E-state index >= 15 is 0 Å². The fourth-order valence-electron chi connectivity index (χ4n) is 2.54. The van der Waals surface area contributed by atoms with Crippen molar-refractivity contribution in [3.63, 3.8) is 0 Å². The van der Waals surface area contributed by atoms with E-state index in [2.05, 4.69) is 11.9 Å². The zero-order valence-corrected chi connectivity index (χ0v) is 12.2. The number of hydrogen-bond acceptors (Lipinski definition) is 1. The molecule has 2 aliphatic rings. The van der Waals surface area contributed by atoms with Gasteiger partial charge in [0.15, 0.2) is 0 Å². The molecule has 1 heterocycles. The molecule has 15 heavy (non-hydrogen) atoms. The summed E-state index contributed by atoms with van der Waals surface area (Å²) in [4.78, 5) is 2.44. The predicted molar refractivity (Wildman–Crippen MR) is 72.4 cm³/mol. The van der Waals surface area contributed by atoms with Crippen molar-refractivity contribution in [3.05, 3.63) is 0 Å². The molecule has 0 radical (unpaired) electrons. The molecular weight excluding hydrogens is 182 g/mol. The van der Waals surface area contributed by atoms with E-state index in [0.29, 0.717) is 0 Å². The topological polar surface area (TPSA) is 3.24 Å². The Kier molecular flexibility index (Phi) is 12.1. The van der Waals surface area contributed by atoms with Crippen LogP contribution < -0.4 is 0 Å². The van der Waals surface area contributed by atoms with Crippen LogP contribution in [-0.2, 0) is 0 Å². The zero-order chi connectivity index (χ0) is 12.3. The highest BCUT2D eigenvalue weighted by Gasteiger charge is 2.42. The van der Waals surface area contributed by atoms with Gasteiger partial charge in [0.05, 0.1) is 0 Å². The van der Waals surface area contributed by atoms with Gasteiger partial charge in [-0.25, -0.2) is 0 Å². The predicted octanol–water partition coefficient (Wildman–Crippen LogP) is 4.57. The van der Waals surface area contributed by atoms with Gasteiger partial charge in [-0.05, 0) is 25.3 Å². The third-order valence-corrected chi connectivity index (χ3v) is 2.87. The second-order valence-corrected chi connectivity index (χ2v) is 3.88. The van der Waals surface area contributed by atoms with Gasteiger partial charge in [-0.3, -0.25) is 0 Å². The van der Waals surface area contributed by atoms with Crippen LogP contribution in [0.2, 0.25) is 0 Å². The molecule has 2 fully saturated rings. The minimum absolute atomic E-state index is 0.814. The van der Waals surface area contributed by atoms with E-state index in [9.17, 15) is 0 Å². The van der Waals surface area contributed by atoms with Gasteiger partial charge in [-0.1, -0.05) is 54.4 Å². The monoisotopic (exact) mass is 215 g/mol. The van der Waals surface area contributed by atoms with Crippen LogP contribution in [0.25, 0.3) is 0 Å². The lowest BCUT2D eigenvalue weighted by atomic mass is 9.79. The maximum absolute atomic E-state index is 2.44. The summed E-state index contributed by atoms with van der Waals surface area (Å²) in [6, 6.07) is 0. The summed E-state index contributed by atoms with van der Waals surface area (Å²) in [7, 11) is 2.23. The third kappa shape index (κ3) is 5.55. The van der Waals surface area contributed by atoms with Crippen LogP contribution in [0.4, 0.5) is 0 Å². The molecule has 1 nitrogen and oxygen atoms in total. The van der Waals surface area contributed by atoms with E-state index in [1.54, 1.807) is 0 Å². The van der Waals surface area contributed by atoms with E-state index in [-0.39, 0.29) is 0 Å². The summed E-state index contributed by atoms with van der Waals surface area (Å²) in [6.45, 7) is 14.8. The maximum atomic E-state index is 2.44. The standard InChI is InChI=1S/C8H15N.3C2H6/c1-9-6-8(7-9)4-2-3-5-8;3*1-2/h2-7H2,1H3;3*1-2H3. The average Bonchev–Trinajstić information content (AvgIpc) is 2.76. The summed E-state index contributed by atoms with van der Waals surface area (Å²) in [6.07, 6.45) is 6.01. The Morgan fingerprint density at radius 1 is 0.733 bits per heavy atom. The minimum atomic E-state index is 0.814. The van der Waals surface area contributed by atoms with Gasteiger partial charge in [0.2, 0.25) is 0 Å². The van der Waals surface area contributed by atoms with Crippen molar-refractivity contribution in [1.29, 1.82) is 0 Å². The molecular formula is C14H33N.